The van der Waals surface area contributed by atoms with Crippen molar-refractivity contribution in [3.63, 3.8) is 0 Å². The fraction of sp³-hybridized carbons (Fsp3) is 0.257. The van der Waals surface area contributed by atoms with Crippen LogP contribution in [0, 0.1) is 6.92 Å². The molecule has 1 fully saturated rings. The Balaban J connectivity index is 0.000000637. The predicted molar refractivity (Wildman–Crippen MR) is 178 cm³/mol. The molecule has 0 radical (unpaired) electrons. The number of carboxylic acids is 1. The molecule has 7 rings (SSSR count). The van der Waals surface area contributed by atoms with Crippen LogP contribution < -0.4 is 0 Å². The Morgan fingerprint density at radius 1 is 1.02 bits per heavy atom. The number of aromatic nitrogens is 4. The number of nitrogens with zero attached hydrogens (tertiary/aromatic N) is 4. The third-order valence-corrected chi connectivity index (χ3v) is 8.65. The highest BCUT2D eigenvalue weighted by atomic mass is 35.5. The summed E-state index contributed by atoms with van der Waals surface area (Å²) >= 11 is 7.73. The molecular formula is C35H33ClN4O3S. The lowest BCUT2D eigenvalue weighted by molar-refractivity contribution is -0.136. The van der Waals surface area contributed by atoms with Gasteiger partial charge in [-0.3, -0.25) is 14.5 Å². The molecule has 0 unspecified atom stereocenters. The molecule has 2 N–H and O–H groups in total. The first-order chi connectivity index (χ1) is 20.9. The predicted octanol–water partition coefficient (Wildman–Crippen LogP) is 8.74. The fourth-order valence-electron chi connectivity index (χ4n) is 5.20. The van der Waals surface area contributed by atoms with E-state index < -0.39 is 11.6 Å². The molecule has 0 saturated heterocycles. The normalized spacial score (nSPS) is 13.2. The molecule has 3 aromatic carbocycles. The van der Waals surface area contributed by atoms with Crippen LogP contribution in [-0.2, 0) is 11.2 Å². The summed E-state index contributed by atoms with van der Waals surface area (Å²) in [6, 6.07) is 20.5. The Labute approximate surface area is 264 Å². The van der Waals surface area contributed by atoms with E-state index in [2.05, 4.69) is 39.0 Å². The molecule has 0 aliphatic heterocycles. The zero-order chi connectivity index (χ0) is 31.2. The Bertz CT molecular complexity index is 2000. The molecule has 1 aliphatic rings. The number of rotatable bonds is 6. The molecule has 44 heavy (non-hydrogen) atoms. The van der Waals surface area contributed by atoms with Gasteiger partial charge in [-0.05, 0) is 99.7 Å². The number of aryl methyl sites for hydroxylation is 1. The highest BCUT2D eigenvalue weighted by Gasteiger charge is 2.26. The summed E-state index contributed by atoms with van der Waals surface area (Å²) in [6.45, 7) is 7.18. The molecule has 7 nitrogen and oxygen atoms in total. The van der Waals surface area contributed by atoms with E-state index in [0.29, 0.717) is 11.1 Å². The maximum atomic E-state index is 11.8. The minimum absolute atomic E-state index is 0.0633. The first-order valence-corrected chi connectivity index (χ1v) is 15.7. The zero-order valence-electron chi connectivity index (χ0n) is 25.0. The van der Waals surface area contributed by atoms with Crippen LogP contribution in [0.4, 0.5) is 0 Å². The van der Waals surface area contributed by atoms with Crippen LogP contribution in [0.15, 0.2) is 73.1 Å². The van der Waals surface area contributed by atoms with Crippen molar-refractivity contribution in [1.29, 1.82) is 0 Å². The van der Waals surface area contributed by atoms with Crippen molar-refractivity contribution in [2.24, 2.45) is 0 Å². The van der Waals surface area contributed by atoms with Crippen molar-refractivity contribution in [3.05, 3.63) is 89.2 Å². The summed E-state index contributed by atoms with van der Waals surface area (Å²) in [4.78, 5) is 21.4. The van der Waals surface area contributed by atoms with Crippen LogP contribution in [0.2, 0.25) is 5.02 Å². The lowest BCUT2D eigenvalue weighted by Crippen LogP contribution is -2.10. The summed E-state index contributed by atoms with van der Waals surface area (Å²) in [6.07, 6.45) is 6.08. The number of carbonyl (C=O) groups is 1. The average molecular weight is 625 g/mol. The number of thiazole rings is 1. The monoisotopic (exact) mass is 624 g/mol. The second kappa shape index (κ2) is 11.8. The first kappa shape index (κ1) is 29.9. The van der Waals surface area contributed by atoms with Gasteiger partial charge in [0.2, 0.25) is 0 Å². The minimum Gasteiger partial charge on any atom is -0.481 e. The SMILES string of the molecule is CC(C)(C)O.Cc1cc2nc(-c3ccnc(-c4ccc5c(cnn5C5CC5)c4)c3)sc2c(-c2ccc(Cl)cc2)c1CC(=O)O. The summed E-state index contributed by atoms with van der Waals surface area (Å²) in [5.74, 6) is -0.865. The van der Waals surface area contributed by atoms with Crippen molar-refractivity contribution < 1.29 is 15.0 Å². The molecule has 0 amide bonds. The maximum absolute atomic E-state index is 11.8. The molecule has 0 atom stereocenters. The third kappa shape index (κ3) is 6.53. The summed E-state index contributed by atoms with van der Waals surface area (Å²) in [5.41, 5.74) is 7.90. The molecule has 224 valence electrons. The lowest BCUT2D eigenvalue weighted by Gasteiger charge is -2.13. The third-order valence-electron chi connectivity index (χ3n) is 7.26. The number of hydrogen-bond donors (Lipinski definition) is 2. The number of benzene rings is 3. The first-order valence-electron chi connectivity index (χ1n) is 14.5. The van der Waals surface area contributed by atoms with Crippen molar-refractivity contribution in [2.75, 3.05) is 0 Å². The number of pyridine rings is 1. The number of halogens is 1. The highest BCUT2D eigenvalue weighted by Crippen LogP contribution is 2.42. The van der Waals surface area contributed by atoms with E-state index in [1.54, 1.807) is 32.1 Å². The minimum atomic E-state index is -0.865. The molecule has 3 aromatic heterocycles. The van der Waals surface area contributed by atoms with Crippen LogP contribution in [0.1, 0.15) is 50.8 Å². The average Bonchev–Trinajstić information content (AvgIpc) is 3.58. The number of hydrogen-bond acceptors (Lipinski definition) is 6. The van der Waals surface area contributed by atoms with Crippen molar-refractivity contribution >= 4 is 50.0 Å². The zero-order valence-corrected chi connectivity index (χ0v) is 26.6. The van der Waals surface area contributed by atoms with Crippen LogP contribution in [0.3, 0.4) is 0 Å². The largest absolute Gasteiger partial charge is 0.481 e. The molecule has 6 aromatic rings. The fourth-order valence-corrected chi connectivity index (χ4v) is 6.46. The van der Waals surface area contributed by atoms with E-state index in [1.807, 2.05) is 55.7 Å². The Morgan fingerprint density at radius 3 is 2.41 bits per heavy atom. The number of fused-ring (bicyclic) bond motifs is 2. The highest BCUT2D eigenvalue weighted by molar-refractivity contribution is 7.22. The summed E-state index contributed by atoms with van der Waals surface area (Å²) in [7, 11) is 0. The van der Waals surface area contributed by atoms with Gasteiger partial charge in [-0.1, -0.05) is 29.8 Å². The molecule has 0 spiro atoms. The number of carboxylic acid groups (broad SMARTS) is 1. The van der Waals surface area contributed by atoms with E-state index in [9.17, 15) is 9.90 Å². The van der Waals surface area contributed by atoms with E-state index in [1.165, 1.54) is 12.8 Å². The maximum Gasteiger partial charge on any atom is 0.307 e. The van der Waals surface area contributed by atoms with Gasteiger partial charge >= 0.3 is 5.97 Å². The molecule has 1 aliphatic carbocycles. The van der Waals surface area contributed by atoms with Crippen LogP contribution >= 0.6 is 22.9 Å². The second-order valence-corrected chi connectivity index (χ2v) is 13.6. The van der Waals surface area contributed by atoms with E-state index >= 15 is 0 Å². The number of aliphatic carboxylic acids is 1. The second-order valence-electron chi connectivity index (χ2n) is 12.2. The smallest absolute Gasteiger partial charge is 0.307 e. The number of aliphatic hydroxyl groups is 1. The van der Waals surface area contributed by atoms with Gasteiger partial charge in [0.1, 0.15) is 5.01 Å². The van der Waals surface area contributed by atoms with Gasteiger partial charge in [-0.25, -0.2) is 4.98 Å². The van der Waals surface area contributed by atoms with Crippen LogP contribution in [-0.4, -0.2) is 41.5 Å². The lowest BCUT2D eigenvalue weighted by atomic mass is 9.93. The Kier molecular flexibility index (Phi) is 8.01. The summed E-state index contributed by atoms with van der Waals surface area (Å²) in [5, 5.41) is 25.4. The molecule has 0 bridgehead atoms. The van der Waals surface area contributed by atoms with E-state index in [0.717, 1.165) is 65.2 Å². The molecule has 1 saturated carbocycles. The van der Waals surface area contributed by atoms with E-state index in [-0.39, 0.29) is 6.42 Å². The topological polar surface area (TPSA) is 101 Å². The Hall–Kier alpha value is -4.11. The van der Waals surface area contributed by atoms with Crippen LogP contribution in [0.5, 0.6) is 0 Å². The van der Waals surface area contributed by atoms with Gasteiger partial charge in [-0.2, -0.15) is 5.10 Å². The van der Waals surface area contributed by atoms with Gasteiger partial charge < -0.3 is 10.2 Å². The molecule has 9 heteroatoms. The quantitative estimate of drug-likeness (QED) is 0.192. The van der Waals surface area contributed by atoms with Crippen LogP contribution in [0.25, 0.3) is 54.1 Å². The Morgan fingerprint density at radius 2 is 1.73 bits per heavy atom. The van der Waals surface area contributed by atoms with Gasteiger partial charge in [0.05, 0.1) is 45.7 Å². The summed E-state index contributed by atoms with van der Waals surface area (Å²) < 4.78 is 3.09. The van der Waals surface area contributed by atoms with Gasteiger partial charge in [0.15, 0.2) is 0 Å². The molecular weight excluding hydrogens is 592 g/mol. The van der Waals surface area contributed by atoms with Crippen molar-refractivity contribution in [2.45, 2.75) is 58.6 Å². The van der Waals surface area contributed by atoms with Gasteiger partial charge in [0, 0.05) is 33.3 Å². The standard InChI is InChI=1S/C31H23ClN4O2S.C4H10O/c1-17-12-26-30(29(24(17)15-28(37)38)18-2-5-22(32)6-3-18)39-31(35-26)20-10-11-33-25(14-20)19-4-9-27-21(13-19)16-34-36(27)23-7-8-23;1-4(2,3)5/h2-6,9-14,16,23H,7-8,15H2,1H3,(H,37,38);5H,1-3H3. The molecule has 3 heterocycles. The van der Waals surface area contributed by atoms with Gasteiger partial charge in [-0.15, -0.1) is 11.3 Å². The van der Waals surface area contributed by atoms with Gasteiger partial charge in [0.25, 0.3) is 0 Å². The van der Waals surface area contributed by atoms with Crippen molar-refractivity contribution in [3.8, 4) is 33.0 Å². The van der Waals surface area contributed by atoms with Crippen molar-refractivity contribution in [1.82, 2.24) is 19.7 Å². The van der Waals surface area contributed by atoms with E-state index in [4.69, 9.17) is 21.7 Å².